The van der Waals surface area contributed by atoms with Crippen molar-refractivity contribution in [2.75, 3.05) is 0 Å². The number of nitrogens with one attached hydrogen (secondary N) is 1. The van der Waals surface area contributed by atoms with Crippen molar-refractivity contribution in [2.24, 2.45) is 0 Å². The van der Waals surface area contributed by atoms with E-state index in [9.17, 15) is 22.4 Å². The van der Waals surface area contributed by atoms with E-state index in [1.54, 1.807) is 5.32 Å². The molecule has 16 heavy (non-hydrogen) atoms. The average molecular weight is 237 g/mol. The SMILES string of the molecule is O=C(NCc1ccncn1)C(F)(F)C(F)F. The van der Waals surface area contributed by atoms with Crippen molar-refractivity contribution in [3.63, 3.8) is 0 Å². The van der Waals surface area contributed by atoms with Gasteiger partial charge in [0.15, 0.2) is 0 Å². The molecule has 0 aliphatic rings. The van der Waals surface area contributed by atoms with Gasteiger partial charge in [-0.1, -0.05) is 0 Å². The lowest BCUT2D eigenvalue weighted by Gasteiger charge is -2.14. The van der Waals surface area contributed by atoms with Gasteiger partial charge in [-0.3, -0.25) is 4.79 Å². The predicted octanol–water partition coefficient (Wildman–Crippen LogP) is 0.993. The summed E-state index contributed by atoms with van der Waals surface area (Å²) in [6.45, 7) is -0.357. The molecule has 0 saturated heterocycles. The number of carbonyl (C=O) groups excluding carboxylic acids is 1. The first-order valence-corrected chi connectivity index (χ1v) is 4.13. The first-order chi connectivity index (χ1) is 7.44. The zero-order chi connectivity index (χ0) is 12.2. The van der Waals surface area contributed by atoms with Crippen LogP contribution in [0, 0.1) is 0 Å². The molecule has 0 spiro atoms. The van der Waals surface area contributed by atoms with E-state index in [0.717, 1.165) is 6.33 Å². The Morgan fingerprint density at radius 1 is 1.50 bits per heavy atom. The largest absolute Gasteiger partial charge is 0.383 e. The van der Waals surface area contributed by atoms with Crippen LogP contribution in [-0.2, 0) is 11.3 Å². The molecule has 1 aromatic heterocycles. The van der Waals surface area contributed by atoms with E-state index >= 15 is 0 Å². The molecule has 0 radical (unpaired) electrons. The summed E-state index contributed by atoms with van der Waals surface area (Å²) >= 11 is 0. The van der Waals surface area contributed by atoms with E-state index in [4.69, 9.17) is 0 Å². The molecule has 1 heterocycles. The third kappa shape index (κ3) is 2.88. The number of nitrogens with zero attached hydrogens (tertiary/aromatic N) is 2. The Balaban J connectivity index is 2.54. The monoisotopic (exact) mass is 237 g/mol. The molecule has 88 valence electrons. The van der Waals surface area contributed by atoms with Crippen LogP contribution >= 0.6 is 0 Å². The summed E-state index contributed by atoms with van der Waals surface area (Å²) in [7, 11) is 0. The van der Waals surface area contributed by atoms with Gasteiger partial charge in [0, 0.05) is 6.20 Å². The van der Waals surface area contributed by atoms with Gasteiger partial charge >= 0.3 is 12.3 Å². The molecule has 0 aromatic carbocycles. The standard InChI is InChI=1S/C8H7F4N3O/c9-6(10)8(11,12)7(16)14-3-5-1-2-13-4-15-5/h1-2,4,6H,3H2,(H,14,16). The summed E-state index contributed by atoms with van der Waals surface area (Å²) < 4.78 is 48.4. The summed E-state index contributed by atoms with van der Waals surface area (Å²) in [4.78, 5) is 17.9. The van der Waals surface area contributed by atoms with Crippen LogP contribution in [0.25, 0.3) is 0 Å². The lowest BCUT2D eigenvalue weighted by Crippen LogP contribution is -2.44. The van der Waals surface area contributed by atoms with Crippen LogP contribution in [0.2, 0.25) is 0 Å². The fourth-order valence-electron chi connectivity index (χ4n) is 0.810. The molecule has 8 heteroatoms. The smallest absolute Gasteiger partial charge is 0.345 e. The first-order valence-electron chi connectivity index (χ1n) is 4.13. The maximum Gasteiger partial charge on any atom is 0.383 e. The number of hydrogen-bond donors (Lipinski definition) is 1. The van der Waals surface area contributed by atoms with Crippen molar-refractivity contribution >= 4 is 5.91 Å². The molecule has 0 fully saturated rings. The molecule has 0 aliphatic heterocycles. The lowest BCUT2D eigenvalue weighted by atomic mass is 10.3. The second kappa shape index (κ2) is 4.86. The molecule has 0 unspecified atom stereocenters. The molecular formula is C8H7F4N3O. The summed E-state index contributed by atoms with van der Waals surface area (Å²) in [6, 6.07) is 1.36. The minimum Gasteiger partial charge on any atom is -0.345 e. The van der Waals surface area contributed by atoms with Gasteiger partial charge in [0.2, 0.25) is 0 Å². The van der Waals surface area contributed by atoms with Crippen molar-refractivity contribution < 1.29 is 22.4 Å². The molecule has 4 nitrogen and oxygen atoms in total. The van der Waals surface area contributed by atoms with Crippen molar-refractivity contribution in [1.29, 1.82) is 0 Å². The number of halogens is 4. The normalized spacial score (nSPS) is 11.6. The number of aromatic nitrogens is 2. The van der Waals surface area contributed by atoms with E-state index in [0.29, 0.717) is 0 Å². The maximum absolute atomic E-state index is 12.4. The molecule has 1 N–H and O–H groups in total. The average Bonchev–Trinajstić information content (AvgIpc) is 2.27. The highest BCUT2D eigenvalue weighted by atomic mass is 19.3. The highest BCUT2D eigenvalue weighted by molar-refractivity contribution is 5.83. The van der Waals surface area contributed by atoms with Gasteiger partial charge in [-0.25, -0.2) is 18.7 Å². The maximum atomic E-state index is 12.4. The molecule has 0 bridgehead atoms. The predicted molar refractivity (Wildman–Crippen MR) is 44.8 cm³/mol. The summed E-state index contributed by atoms with van der Waals surface area (Å²) in [5, 5.41) is 1.66. The quantitative estimate of drug-likeness (QED) is 0.794. The summed E-state index contributed by atoms with van der Waals surface area (Å²) in [5.74, 6) is -6.71. The number of hydrogen-bond acceptors (Lipinski definition) is 3. The van der Waals surface area contributed by atoms with Gasteiger partial charge in [0.05, 0.1) is 12.2 Å². The lowest BCUT2D eigenvalue weighted by molar-refractivity contribution is -0.169. The Hall–Kier alpha value is -1.73. The van der Waals surface area contributed by atoms with Gasteiger partial charge < -0.3 is 5.32 Å². The highest BCUT2D eigenvalue weighted by Crippen LogP contribution is 2.22. The second-order valence-corrected chi connectivity index (χ2v) is 2.81. The van der Waals surface area contributed by atoms with Crippen LogP contribution in [0.5, 0.6) is 0 Å². The highest BCUT2D eigenvalue weighted by Gasteiger charge is 2.48. The second-order valence-electron chi connectivity index (χ2n) is 2.81. The van der Waals surface area contributed by atoms with E-state index in [-0.39, 0.29) is 12.2 Å². The molecule has 1 rings (SSSR count). The van der Waals surface area contributed by atoms with Gasteiger partial charge in [0.1, 0.15) is 6.33 Å². The minimum absolute atomic E-state index is 0.244. The third-order valence-electron chi connectivity index (χ3n) is 1.65. The Morgan fingerprint density at radius 2 is 2.19 bits per heavy atom. The topological polar surface area (TPSA) is 54.9 Å². The molecule has 1 amide bonds. The zero-order valence-electron chi connectivity index (χ0n) is 7.83. The van der Waals surface area contributed by atoms with Gasteiger partial charge in [-0.05, 0) is 6.07 Å². The van der Waals surface area contributed by atoms with E-state index in [1.807, 2.05) is 0 Å². The Kier molecular flexibility index (Phi) is 3.75. The number of alkyl halides is 4. The van der Waals surface area contributed by atoms with Gasteiger partial charge in [-0.15, -0.1) is 0 Å². The van der Waals surface area contributed by atoms with Crippen molar-refractivity contribution in [3.8, 4) is 0 Å². The van der Waals surface area contributed by atoms with E-state index in [2.05, 4.69) is 9.97 Å². The van der Waals surface area contributed by atoms with Gasteiger partial charge in [-0.2, -0.15) is 8.78 Å². The molecular weight excluding hydrogens is 230 g/mol. The molecule has 0 atom stereocenters. The minimum atomic E-state index is -4.69. The Bertz CT molecular complexity index is 358. The van der Waals surface area contributed by atoms with Crippen LogP contribution in [-0.4, -0.2) is 28.2 Å². The van der Waals surface area contributed by atoms with Crippen LogP contribution in [0.1, 0.15) is 5.69 Å². The number of carbonyl (C=O) groups is 1. The first kappa shape index (κ1) is 12.3. The van der Waals surface area contributed by atoms with Crippen LogP contribution < -0.4 is 5.32 Å². The fourth-order valence-corrected chi connectivity index (χ4v) is 0.810. The molecule has 0 saturated carbocycles. The van der Waals surface area contributed by atoms with Crippen LogP contribution in [0.15, 0.2) is 18.6 Å². The summed E-state index contributed by atoms with van der Waals surface area (Å²) in [5.41, 5.74) is 0.244. The third-order valence-corrected chi connectivity index (χ3v) is 1.65. The summed E-state index contributed by atoms with van der Waals surface area (Å²) in [6.07, 6.45) is -1.55. The fraction of sp³-hybridized carbons (Fsp3) is 0.375. The zero-order valence-corrected chi connectivity index (χ0v) is 7.83. The molecule has 1 aromatic rings. The van der Waals surface area contributed by atoms with Crippen molar-refractivity contribution in [2.45, 2.75) is 18.9 Å². The molecule has 0 aliphatic carbocycles. The van der Waals surface area contributed by atoms with Crippen molar-refractivity contribution in [1.82, 2.24) is 15.3 Å². The number of rotatable bonds is 4. The number of amides is 1. The van der Waals surface area contributed by atoms with Gasteiger partial charge in [0.25, 0.3) is 5.91 Å². The van der Waals surface area contributed by atoms with Crippen LogP contribution in [0.4, 0.5) is 17.6 Å². The Labute approximate surface area is 87.7 Å². The van der Waals surface area contributed by atoms with Crippen LogP contribution in [0.3, 0.4) is 0 Å². The Morgan fingerprint density at radius 3 is 2.69 bits per heavy atom. The van der Waals surface area contributed by atoms with Crippen molar-refractivity contribution in [3.05, 3.63) is 24.3 Å². The van der Waals surface area contributed by atoms with E-state index in [1.165, 1.54) is 12.3 Å². The van der Waals surface area contributed by atoms with E-state index < -0.39 is 18.3 Å².